The van der Waals surface area contributed by atoms with Crippen LogP contribution in [0.25, 0.3) is 0 Å². The molecule has 1 aromatic rings. The average molecular weight is 182 g/mol. The van der Waals surface area contributed by atoms with E-state index in [1.807, 2.05) is 30.0 Å². The van der Waals surface area contributed by atoms with Crippen LogP contribution in [0.1, 0.15) is 12.5 Å². The zero-order chi connectivity index (χ0) is 8.97. The van der Waals surface area contributed by atoms with E-state index in [0.717, 1.165) is 6.42 Å². The van der Waals surface area contributed by atoms with Gasteiger partial charge in [-0.3, -0.25) is 0 Å². The summed E-state index contributed by atoms with van der Waals surface area (Å²) in [6.45, 7) is 2.19. The average Bonchev–Trinajstić information content (AvgIpc) is 2.04. The fourth-order valence-electron chi connectivity index (χ4n) is 1.10. The predicted octanol–water partition coefficient (Wildman–Crippen LogP) is 2.69. The molecule has 1 aromatic carbocycles. The van der Waals surface area contributed by atoms with Crippen LogP contribution in [-0.4, -0.2) is 16.6 Å². The summed E-state index contributed by atoms with van der Waals surface area (Å²) in [4.78, 5) is 0. The van der Waals surface area contributed by atoms with Crippen molar-refractivity contribution in [3.8, 4) is 5.75 Å². The summed E-state index contributed by atoms with van der Waals surface area (Å²) in [5.74, 6) is 0.362. The van der Waals surface area contributed by atoms with E-state index in [0.29, 0.717) is 11.0 Å². The van der Waals surface area contributed by atoms with E-state index in [1.165, 1.54) is 5.56 Å². The Hall–Kier alpha value is -0.630. The molecule has 0 radical (unpaired) electrons. The molecule has 1 unspecified atom stereocenters. The van der Waals surface area contributed by atoms with Crippen molar-refractivity contribution >= 4 is 11.8 Å². The predicted molar refractivity (Wildman–Crippen MR) is 54.8 cm³/mol. The topological polar surface area (TPSA) is 20.2 Å². The number of thioether (sulfide) groups is 1. The summed E-state index contributed by atoms with van der Waals surface area (Å²) < 4.78 is 0. The molecule has 12 heavy (non-hydrogen) atoms. The number of aromatic hydroxyl groups is 1. The Bertz CT molecular complexity index is 247. The van der Waals surface area contributed by atoms with Crippen molar-refractivity contribution in [3.05, 3.63) is 29.8 Å². The minimum absolute atomic E-state index is 0.362. The Labute approximate surface area is 77.8 Å². The van der Waals surface area contributed by atoms with Gasteiger partial charge in [0.1, 0.15) is 5.75 Å². The van der Waals surface area contributed by atoms with Gasteiger partial charge in [0.05, 0.1) is 0 Å². The van der Waals surface area contributed by atoms with Crippen LogP contribution in [0.4, 0.5) is 0 Å². The minimum Gasteiger partial charge on any atom is -0.508 e. The summed E-state index contributed by atoms with van der Waals surface area (Å²) >= 11 is 1.84. The molecule has 0 heterocycles. The molecule has 0 aliphatic carbocycles. The summed E-state index contributed by atoms with van der Waals surface area (Å²) in [5, 5.41) is 9.81. The first kappa shape index (κ1) is 9.46. The van der Waals surface area contributed by atoms with Gasteiger partial charge in [-0.05, 0) is 30.4 Å². The van der Waals surface area contributed by atoms with Crippen LogP contribution in [0.5, 0.6) is 5.75 Å². The van der Waals surface area contributed by atoms with E-state index in [-0.39, 0.29) is 0 Å². The SMILES string of the molecule is CSC(C)Cc1cccc(O)c1. The Morgan fingerprint density at radius 3 is 2.83 bits per heavy atom. The first-order valence-electron chi connectivity index (χ1n) is 4.03. The molecule has 0 saturated heterocycles. The second kappa shape index (κ2) is 4.41. The third-order valence-corrected chi connectivity index (χ3v) is 2.81. The molecule has 0 aliphatic heterocycles. The largest absolute Gasteiger partial charge is 0.508 e. The molecule has 1 atom stereocenters. The monoisotopic (exact) mass is 182 g/mol. The molecule has 0 spiro atoms. The molecule has 0 aliphatic rings. The van der Waals surface area contributed by atoms with E-state index in [2.05, 4.69) is 13.2 Å². The van der Waals surface area contributed by atoms with Crippen LogP contribution >= 0.6 is 11.8 Å². The van der Waals surface area contributed by atoms with Crippen LogP contribution in [0.3, 0.4) is 0 Å². The maximum absolute atomic E-state index is 9.19. The van der Waals surface area contributed by atoms with Gasteiger partial charge in [0.25, 0.3) is 0 Å². The van der Waals surface area contributed by atoms with Gasteiger partial charge >= 0.3 is 0 Å². The van der Waals surface area contributed by atoms with Gasteiger partial charge in [0, 0.05) is 5.25 Å². The van der Waals surface area contributed by atoms with Crippen molar-refractivity contribution < 1.29 is 5.11 Å². The summed E-state index contributed by atoms with van der Waals surface area (Å²) in [6.07, 6.45) is 3.13. The first-order valence-corrected chi connectivity index (χ1v) is 5.32. The van der Waals surface area contributed by atoms with Gasteiger partial charge in [0.2, 0.25) is 0 Å². The Kier molecular flexibility index (Phi) is 3.48. The fourth-order valence-corrected chi connectivity index (χ4v) is 1.46. The lowest BCUT2D eigenvalue weighted by molar-refractivity contribution is 0.474. The van der Waals surface area contributed by atoms with Crippen LogP contribution < -0.4 is 0 Å². The number of rotatable bonds is 3. The van der Waals surface area contributed by atoms with Gasteiger partial charge in [-0.25, -0.2) is 0 Å². The Balaban J connectivity index is 2.63. The van der Waals surface area contributed by atoms with Crippen LogP contribution in [-0.2, 0) is 6.42 Å². The summed E-state index contributed by atoms with van der Waals surface area (Å²) in [5.41, 5.74) is 1.21. The van der Waals surface area contributed by atoms with Crippen LogP contribution in [0.2, 0.25) is 0 Å². The van der Waals surface area contributed by atoms with Crippen molar-refractivity contribution in [3.63, 3.8) is 0 Å². The molecular formula is C10H14OS. The second-order valence-electron chi connectivity index (χ2n) is 2.92. The van der Waals surface area contributed by atoms with Gasteiger partial charge in [-0.1, -0.05) is 19.1 Å². The normalized spacial score (nSPS) is 12.8. The number of phenolic OH excluding ortho intramolecular Hbond substituents is 1. The zero-order valence-electron chi connectivity index (χ0n) is 7.45. The van der Waals surface area contributed by atoms with Gasteiger partial charge in [-0.15, -0.1) is 0 Å². The third kappa shape index (κ3) is 2.78. The van der Waals surface area contributed by atoms with Crippen LogP contribution in [0, 0.1) is 0 Å². The Morgan fingerprint density at radius 1 is 1.50 bits per heavy atom. The molecule has 1 N–H and O–H groups in total. The van der Waals surface area contributed by atoms with E-state index in [1.54, 1.807) is 6.07 Å². The molecule has 0 aromatic heterocycles. The molecule has 2 heteroatoms. The van der Waals surface area contributed by atoms with E-state index in [4.69, 9.17) is 0 Å². The van der Waals surface area contributed by atoms with Crippen molar-refractivity contribution in [1.29, 1.82) is 0 Å². The Morgan fingerprint density at radius 2 is 2.25 bits per heavy atom. The lowest BCUT2D eigenvalue weighted by Crippen LogP contribution is -1.99. The number of phenols is 1. The highest BCUT2D eigenvalue weighted by atomic mass is 32.2. The van der Waals surface area contributed by atoms with E-state index >= 15 is 0 Å². The highest BCUT2D eigenvalue weighted by Crippen LogP contribution is 2.16. The fraction of sp³-hybridized carbons (Fsp3) is 0.400. The van der Waals surface area contributed by atoms with Crippen molar-refractivity contribution in [2.45, 2.75) is 18.6 Å². The molecule has 0 bridgehead atoms. The lowest BCUT2D eigenvalue weighted by atomic mass is 10.1. The number of hydrogen-bond donors (Lipinski definition) is 1. The molecule has 0 amide bonds. The van der Waals surface area contributed by atoms with Crippen molar-refractivity contribution in [2.75, 3.05) is 6.26 Å². The smallest absolute Gasteiger partial charge is 0.115 e. The lowest BCUT2D eigenvalue weighted by Gasteiger charge is -2.07. The molecule has 66 valence electrons. The van der Waals surface area contributed by atoms with E-state index in [9.17, 15) is 5.11 Å². The van der Waals surface area contributed by atoms with Gasteiger partial charge < -0.3 is 5.11 Å². The summed E-state index contributed by atoms with van der Waals surface area (Å²) in [6, 6.07) is 7.46. The van der Waals surface area contributed by atoms with Crippen LogP contribution in [0.15, 0.2) is 24.3 Å². The summed E-state index contributed by atoms with van der Waals surface area (Å²) in [7, 11) is 0. The second-order valence-corrected chi connectivity index (χ2v) is 4.20. The van der Waals surface area contributed by atoms with E-state index < -0.39 is 0 Å². The zero-order valence-corrected chi connectivity index (χ0v) is 8.27. The number of hydrogen-bond acceptors (Lipinski definition) is 2. The standard InChI is InChI=1S/C10H14OS/c1-8(12-2)6-9-4-3-5-10(11)7-9/h3-5,7-8,11H,6H2,1-2H3. The molecule has 0 saturated carbocycles. The van der Waals surface area contributed by atoms with Gasteiger partial charge in [-0.2, -0.15) is 11.8 Å². The maximum atomic E-state index is 9.19. The maximum Gasteiger partial charge on any atom is 0.115 e. The third-order valence-electron chi connectivity index (χ3n) is 1.84. The van der Waals surface area contributed by atoms with Crippen molar-refractivity contribution in [1.82, 2.24) is 0 Å². The van der Waals surface area contributed by atoms with Gasteiger partial charge in [0.15, 0.2) is 0 Å². The molecule has 0 fully saturated rings. The molecular weight excluding hydrogens is 168 g/mol. The highest BCUT2D eigenvalue weighted by molar-refractivity contribution is 7.99. The quantitative estimate of drug-likeness (QED) is 0.775. The minimum atomic E-state index is 0.362. The number of benzene rings is 1. The molecule has 1 nitrogen and oxygen atoms in total. The molecule has 1 rings (SSSR count). The van der Waals surface area contributed by atoms with Crippen molar-refractivity contribution in [2.24, 2.45) is 0 Å². The highest BCUT2D eigenvalue weighted by Gasteiger charge is 2.01. The first-order chi connectivity index (χ1) is 5.72.